The second-order valence-electron chi connectivity index (χ2n) is 2.94. The molecule has 0 aliphatic rings. The van der Waals surface area contributed by atoms with Crippen LogP contribution in [-0.4, -0.2) is 38.4 Å². The van der Waals surface area contributed by atoms with Crippen LogP contribution in [0.15, 0.2) is 0 Å². The summed E-state index contributed by atoms with van der Waals surface area (Å²) in [5.74, 6) is 0. The van der Waals surface area contributed by atoms with E-state index in [1.54, 1.807) is 6.92 Å². The van der Waals surface area contributed by atoms with Crippen LogP contribution in [0.25, 0.3) is 0 Å². The predicted molar refractivity (Wildman–Crippen MR) is 51.7 cm³/mol. The molecule has 7 nitrogen and oxygen atoms in total. The first kappa shape index (κ1) is 13.8. The van der Waals surface area contributed by atoms with Crippen molar-refractivity contribution >= 4 is 10.3 Å². The minimum absolute atomic E-state index is 0.0843. The van der Waals surface area contributed by atoms with Crippen LogP contribution in [0.5, 0.6) is 0 Å². The van der Waals surface area contributed by atoms with Gasteiger partial charge < -0.3 is 16.2 Å². The third kappa shape index (κ3) is 8.35. The first-order chi connectivity index (χ1) is 6.35. The summed E-state index contributed by atoms with van der Waals surface area (Å²) in [5.41, 5.74) is 10.7. The van der Waals surface area contributed by atoms with Crippen molar-refractivity contribution in [3.63, 3.8) is 0 Å². The summed E-state index contributed by atoms with van der Waals surface area (Å²) in [6, 6.07) is -0.533. The Kier molecular flexibility index (Phi) is 6.16. The summed E-state index contributed by atoms with van der Waals surface area (Å²) in [4.78, 5) is 0. The van der Waals surface area contributed by atoms with E-state index in [0.717, 1.165) is 0 Å². The molecule has 0 aromatic rings. The SMILES string of the molecule is CC(COC(N)CCN)NS(=O)(=O)O. The molecule has 0 heterocycles. The number of nitrogens with two attached hydrogens (primary N) is 2. The molecular weight excluding hydrogens is 210 g/mol. The van der Waals surface area contributed by atoms with Gasteiger partial charge in [-0.2, -0.15) is 13.1 Å². The molecule has 0 amide bonds. The van der Waals surface area contributed by atoms with Crippen LogP contribution in [0.3, 0.4) is 0 Å². The predicted octanol–water partition coefficient (Wildman–Crippen LogP) is -1.58. The van der Waals surface area contributed by atoms with Gasteiger partial charge in [-0.1, -0.05) is 0 Å². The van der Waals surface area contributed by atoms with Crippen molar-refractivity contribution in [2.75, 3.05) is 13.2 Å². The van der Waals surface area contributed by atoms with Crippen molar-refractivity contribution in [3.8, 4) is 0 Å². The Morgan fingerprint density at radius 3 is 2.57 bits per heavy atom. The molecule has 0 saturated heterocycles. The summed E-state index contributed by atoms with van der Waals surface area (Å²) >= 11 is 0. The Balaban J connectivity index is 3.69. The minimum atomic E-state index is -4.18. The fourth-order valence-electron chi connectivity index (χ4n) is 0.804. The smallest absolute Gasteiger partial charge is 0.333 e. The second-order valence-corrected chi connectivity index (χ2v) is 4.13. The highest BCUT2D eigenvalue weighted by Crippen LogP contribution is 1.92. The molecular formula is C6H17N3O4S. The molecule has 0 fully saturated rings. The summed E-state index contributed by atoms with van der Waals surface area (Å²) in [6.45, 7) is 2.03. The lowest BCUT2D eigenvalue weighted by molar-refractivity contribution is 0.0443. The number of rotatable bonds is 7. The fourth-order valence-corrected chi connectivity index (χ4v) is 1.38. The molecule has 0 spiro atoms. The van der Waals surface area contributed by atoms with Gasteiger partial charge in [0, 0.05) is 6.04 Å². The lowest BCUT2D eigenvalue weighted by Crippen LogP contribution is -2.38. The standard InChI is InChI=1S/C6H17N3O4S/c1-5(9-14(10,11)12)4-13-6(8)2-3-7/h5-6,9H,2-4,7-8H2,1H3,(H,10,11,12). The van der Waals surface area contributed by atoms with Crippen molar-refractivity contribution in [2.24, 2.45) is 11.5 Å². The van der Waals surface area contributed by atoms with E-state index in [4.69, 9.17) is 20.8 Å². The minimum Gasteiger partial charge on any atom is -0.362 e. The van der Waals surface area contributed by atoms with Gasteiger partial charge in [0.15, 0.2) is 0 Å². The van der Waals surface area contributed by atoms with Crippen LogP contribution in [0.2, 0.25) is 0 Å². The zero-order valence-electron chi connectivity index (χ0n) is 8.01. The van der Waals surface area contributed by atoms with Crippen LogP contribution in [0.4, 0.5) is 0 Å². The zero-order valence-corrected chi connectivity index (χ0v) is 8.83. The van der Waals surface area contributed by atoms with Crippen molar-refractivity contribution in [2.45, 2.75) is 25.6 Å². The normalized spacial score (nSPS) is 16.6. The molecule has 2 unspecified atom stereocenters. The van der Waals surface area contributed by atoms with Gasteiger partial charge in [-0.05, 0) is 19.9 Å². The Morgan fingerprint density at radius 1 is 1.57 bits per heavy atom. The monoisotopic (exact) mass is 227 g/mol. The van der Waals surface area contributed by atoms with Crippen LogP contribution >= 0.6 is 0 Å². The van der Waals surface area contributed by atoms with E-state index < -0.39 is 22.6 Å². The van der Waals surface area contributed by atoms with E-state index in [9.17, 15) is 8.42 Å². The quantitative estimate of drug-likeness (QED) is 0.307. The summed E-state index contributed by atoms with van der Waals surface area (Å²) in [7, 11) is -4.18. The third-order valence-electron chi connectivity index (χ3n) is 1.36. The van der Waals surface area contributed by atoms with Crippen molar-refractivity contribution in [1.29, 1.82) is 0 Å². The molecule has 0 saturated carbocycles. The topological polar surface area (TPSA) is 128 Å². The second kappa shape index (κ2) is 6.27. The van der Waals surface area contributed by atoms with Crippen LogP contribution in [-0.2, 0) is 15.0 Å². The molecule has 0 rings (SSSR count). The third-order valence-corrected chi connectivity index (χ3v) is 2.06. The van der Waals surface area contributed by atoms with Gasteiger partial charge in [-0.15, -0.1) is 0 Å². The van der Waals surface area contributed by atoms with E-state index in [1.165, 1.54) is 0 Å². The van der Waals surface area contributed by atoms with E-state index in [2.05, 4.69) is 0 Å². The van der Waals surface area contributed by atoms with Gasteiger partial charge in [0.2, 0.25) is 0 Å². The summed E-state index contributed by atoms with van der Waals surface area (Å²) < 4.78 is 36.1. The van der Waals surface area contributed by atoms with Crippen LogP contribution < -0.4 is 16.2 Å². The first-order valence-electron chi connectivity index (χ1n) is 4.17. The summed E-state index contributed by atoms with van der Waals surface area (Å²) in [5, 5.41) is 0. The Hall–Kier alpha value is -0.250. The van der Waals surface area contributed by atoms with Gasteiger partial charge in [0.1, 0.15) is 6.23 Å². The maximum atomic E-state index is 10.3. The number of nitrogens with one attached hydrogen (secondary N) is 1. The van der Waals surface area contributed by atoms with E-state index in [0.29, 0.717) is 13.0 Å². The largest absolute Gasteiger partial charge is 0.362 e. The molecule has 0 radical (unpaired) electrons. The van der Waals surface area contributed by atoms with Crippen molar-refractivity contribution in [1.82, 2.24) is 4.72 Å². The summed E-state index contributed by atoms with van der Waals surface area (Å²) in [6.07, 6.45) is -0.0101. The van der Waals surface area contributed by atoms with E-state index >= 15 is 0 Å². The molecule has 0 bridgehead atoms. The average Bonchev–Trinajstić information content (AvgIpc) is 1.98. The van der Waals surface area contributed by atoms with Crippen LogP contribution in [0.1, 0.15) is 13.3 Å². The van der Waals surface area contributed by atoms with E-state index in [1.807, 2.05) is 4.72 Å². The van der Waals surface area contributed by atoms with E-state index in [-0.39, 0.29) is 6.61 Å². The van der Waals surface area contributed by atoms with Gasteiger partial charge in [0.25, 0.3) is 0 Å². The highest BCUT2D eigenvalue weighted by Gasteiger charge is 2.11. The number of hydrogen-bond acceptors (Lipinski definition) is 5. The number of hydrogen-bond donors (Lipinski definition) is 4. The van der Waals surface area contributed by atoms with Gasteiger partial charge >= 0.3 is 10.3 Å². The highest BCUT2D eigenvalue weighted by molar-refractivity contribution is 7.83. The fraction of sp³-hybridized carbons (Fsp3) is 1.00. The highest BCUT2D eigenvalue weighted by atomic mass is 32.2. The average molecular weight is 227 g/mol. The molecule has 0 aliphatic heterocycles. The lowest BCUT2D eigenvalue weighted by atomic mass is 10.3. The molecule has 2 atom stereocenters. The Labute approximate surface area is 83.7 Å². The first-order valence-corrected chi connectivity index (χ1v) is 5.61. The van der Waals surface area contributed by atoms with Gasteiger partial charge in [-0.25, -0.2) is 0 Å². The van der Waals surface area contributed by atoms with Gasteiger partial charge in [0.05, 0.1) is 6.61 Å². The maximum absolute atomic E-state index is 10.3. The van der Waals surface area contributed by atoms with Crippen molar-refractivity contribution in [3.05, 3.63) is 0 Å². The molecule has 8 heteroatoms. The Morgan fingerprint density at radius 2 is 2.14 bits per heavy atom. The molecule has 6 N–H and O–H groups in total. The van der Waals surface area contributed by atoms with Crippen LogP contribution in [0, 0.1) is 0 Å². The molecule has 86 valence electrons. The maximum Gasteiger partial charge on any atom is 0.333 e. The number of ether oxygens (including phenoxy) is 1. The van der Waals surface area contributed by atoms with Gasteiger partial charge in [-0.3, -0.25) is 4.55 Å². The molecule has 0 aliphatic carbocycles. The zero-order chi connectivity index (χ0) is 11.2. The molecule has 0 aromatic heterocycles. The van der Waals surface area contributed by atoms with Crippen molar-refractivity contribution < 1.29 is 17.7 Å². The Bertz CT molecular complexity index is 243. The molecule has 14 heavy (non-hydrogen) atoms. The molecule has 0 aromatic carbocycles. The lowest BCUT2D eigenvalue weighted by Gasteiger charge is -2.16.